The zero-order valence-electron chi connectivity index (χ0n) is 22.0. The molecule has 1 saturated heterocycles. The number of carbonyl (C=O) groups excluding carboxylic acids is 1. The van der Waals surface area contributed by atoms with Crippen molar-refractivity contribution in [3.05, 3.63) is 93.2 Å². The lowest BCUT2D eigenvalue weighted by atomic mass is 9.94. The van der Waals surface area contributed by atoms with Crippen molar-refractivity contribution in [3.8, 4) is 22.0 Å². The average molecular weight is 575 g/mol. The van der Waals surface area contributed by atoms with E-state index in [2.05, 4.69) is 20.2 Å². The zero-order valence-corrected chi connectivity index (χ0v) is 23.6. The Kier molecular flexibility index (Phi) is 7.03. The molecule has 40 heavy (non-hydrogen) atoms. The Morgan fingerprint density at radius 3 is 2.70 bits per heavy atom. The third kappa shape index (κ3) is 5.32. The summed E-state index contributed by atoms with van der Waals surface area (Å²) in [4.78, 5) is 24.4. The summed E-state index contributed by atoms with van der Waals surface area (Å²) in [7, 11) is 0. The summed E-state index contributed by atoms with van der Waals surface area (Å²) in [5.74, 6) is 0.243. The van der Waals surface area contributed by atoms with Crippen LogP contribution in [0, 0.1) is 6.92 Å². The first-order valence-electron chi connectivity index (χ1n) is 12.9. The number of benzene rings is 2. The predicted molar refractivity (Wildman–Crippen MR) is 153 cm³/mol. The van der Waals surface area contributed by atoms with Gasteiger partial charge in [-0.3, -0.25) is 4.79 Å². The minimum atomic E-state index is -1.12. The molecule has 0 aliphatic carbocycles. The number of rotatable bonds is 7. The van der Waals surface area contributed by atoms with Gasteiger partial charge in [-0.15, -0.1) is 32.9 Å². The first-order valence-corrected chi connectivity index (χ1v) is 14.6. The maximum absolute atomic E-state index is 14.6. The number of aromatic nitrogens is 4. The van der Waals surface area contributed by atoms with Gasteiger partial charge in [0.2, 0.25) is 11.8 Å². The third-order valence-electron chi connectivity index (χ3n) is 6.87. The molecule has 0 radical (unpaired) electrons. The van der Waals surface area contributed by atoms with Crippen LogP contribution in [0.15, 0.2) is 69.9 Å². The van der Waals surface area contributed by atoms with E-state index in [-0.39, 0.29) is 30.7 Å². The van der Waals surface area contributed by atoms with E-state index >= 15 is 0 Å². The van der Waals surface area contributed by atoms with Gasteiger partial charge in [0.25, 0.3) is 5.91 Å². The number of thiazole rings is 2. The fourth-order valence-electron chi connectivity index (χ4n) is 4.96. The second-order valence-electron chi connectivity index (χ2n) is 10.3. The molecule has 4 heterocycles. The molecule has 2 aromatic carbocycles. The fourth-order valence-corrected chi connectivity index (χ4v) is 6.51. The Hall–Kier alpha value is -3.80. The van der Waals surface area contributed by atoms with Crippen molar-refractivity contribution >= 4 is 28.6 Å². The Balaban J connectivity index is 1.36. The highest BCUT2D eigenvalue weighted by molar-refractivity contribution is 7.13. The lowest BCUT2D eigenvalue weighted by molar-refractivity contribution is 0.0728. The Morgan fingerprint density at radius 1 is 1.18 bits per heavy atom. The molecule has 0 bridgehead atoms. The lowest BCUT2D eigenvalue weighted by Crippen LogP contribution is -2.35. The molecule has 6 rings (SSSR count). The van der Waals surface area contributed by atoms with Crippen LogP contribution in [0.3, 0.4) is 0 Å². The number of aryl methyl sites for hydroxylation is 1. The molecule has 204 valence electrons. The molecule has 3 atom stereocenters. The van der Waals surface area contributed by atoms with E-state index in [9.17, 15) is 9.18 Å². The van der Waals surface area contributed by atoms with Crippen molar-refractivity contribution in [2.45, 2.75) is 44.4 Å². The molecular formula is C29H27FN6O2S2. The number of nitrogens with two attached hydrogens (primary N) is 1. The first kappa shape index (κ1) is 26.4. The Bertz CT molecular complexity index is 1630. The molecule has 0 saturated carbocycles. The summed E-state index contributed by atoms with van der Waals surface area (Å²) in [6, 6.07) is 14.8. The van der Waals surface area contributed by atoms with Gasteiger partial charge >= 0.3 is 0 Å². The zero-order chi connectivity index (χ0) is 27.9. The van der Waals surface area contributed by atoms with E-state index in [0.29, 0.717) is 17.5 Å². The maximum atomic E-state index is 14.6. The normalized spacial score (nSPS) is 18.6. The largest absolute Gasteiger partial charge is 0.419 e. The van der Waals surface area contributed by atoms with Crippen molar-refractivity contribution in [1.29, 1.82) is 0 Å². The van der Waals surface area contributed by atoms with Crippen LogP contribution < -0.4 is 5.73 Å². The van der Waals surface area contributed by atoms with Gasteiger partial charge in [0.1, 0.15) is 16.2 Å². The molecule has 1 aliphatic heterocycles. The highest BCUT2D eigenvalue weighted by atomic mass is 32.1. The van der Waals surface area contributed by atoms with Gasteiger partial charge in [-0.2, -0.15) is 0 Å². The van der Waals surface area contributed by atoms with Crippen LogP contribution in [0.1, 0.15) is 51.9 Å². The summed E-state index contributed by atoms with van der Waals surface area (Å²) < 4.78 is 20.7. The maximum Gasteiger partial charge on any atom is 0.254 e. The van der Waals surface area contributed by atoms with E-state index in [4.69, 9.17) is 10.2 Å². The van der Waals surface area contributed by atoms with Crippen LogP contribution in [-0.4, -0.2) is 43.7 Å². The van der Waals surface area contributed by atoms with Gasteiger partial charge in [-0.1, -0.05) is 30.3 Å². The highest BCUT2D eigenvalue weighted by Gasteiger charge is 2.38. The predicted octanol–water partition coefficient (Wildman–Crippen LogP) is 5.97. The van der Waals surface area contributed by atoms with Crippen LogP contribution in [-0.2, 0) is 12.0 Å². The standard InChI is InChI=1S/C29H27FN6O2S2/c1-17-16-40-26(33-17)23-13-22(30)15-36(23)27(37)21-11-19(10-20(12-21)25-32-8-9-39-25)24-34-35-28(38-24)29(2,31)14-18-6-4-3-5-7-18/h3-12,16,22-23H,13-15,31H2,1-2H3/t22-,23+,29?/m0/s1. The molecule has 1 unspecified atom stereocenters. The van der Waals surface area contributed by atoms with Gasteiger partial charge < -0.3 is 15.1 Å². The van der Waals surface area contributed by atoms with Gasteiger partial charge in [-0.05, 0) is 44.0 Å². The number of halogens is 1. The van der Waals surface area contributed by atoms with Gasteiger partial charge in [0.05, 0.1) is 18.1 Å². The number of hydrogen-bond donors (Lipinski definition) is 1. The second kappa shape index (κ2) is 10.6. The summed E-state index contributed by atoms with van der Waals surface area (Å²) in [6.45, 7) is 3.75. The van der Waals surface area contributed by atoms with Crippen molar-refractivity contribution in [1.82, 2.24) is 25.1 Å². The first-order chi connectivity index (χ1) is 19.3. The number of amides is 1. The number of nitrogens with zero attached hydrogens (tertiary/aromatic N) is 5. The van der Waals surface area contributed by atoms with Crippen molar-refractivity contribution in [2.75, 3.05) is 6.54 Å². The van der Waals surface area contributed by atoms with E-state index in [0.717, 1.165) is 26.8 Å². The van der Waals surface area contributed by atoms with Crippen LogP contribution in [0.4, 0.5) is 4.39 Å². The second-order valence-corrected chi connectivity index (χ2v) is 12.0. The molecule has 1 amide bonds. The van der Waals surface area contributed by atoms with Gasteiger partial charge in [-0.25, -0.2) is 14.4 Å². The number of alkyl halides is 1. The summed E-state index contributed by atoms with van der Waals surface area (Å²) >= 11 is 2.90. The number of likely N-dealkylation sites (tertiary alicyclic amines) is 1. The minimum absolute atomic E-state index is 0.00859. The smallest absolute Gasteiger partial charge is 0.254 e. The molecule has 2 N–H and O–H groups in total. The number of hydrogen-bond acceptors (Lipinski definition) is 9. The topological polar surface area (TPSA) is 111 Å². The van der Waals surface area contributed by atoms with E-state index in [1.54, 1.807) is 23.2 Å². The van der Waals surface area contributed by atoms with Crippen molar-refractivity contribution in [3.63, 3.8) is 0 Å². The molecule has 3 aromatic heterocycles. The summed E-state index contributed by atoms with van der Waals surface area (Å²) in [5, 5.41) is 13.8. The van der Waals surface area contributed by atoms with Gasteiger partial charge in [0, 0.05) is 45.8 Å². The highest BCUT2D eigenvalue weighted by Crippen LogP contribution is 2.38. The van der Waals surface area contributed by atoms with E-state index in [1.165, 1.54) is 22.7 Å². The Labute approximate surface area is 238 Å². The average Bonchev–Trinajstić information content (AvgIpc) is 3.76. The monoisotopic (exact) mass is 574 g/mol. The molecule has 8 nitrogen and oxygen atoms in total. The third-order valence-corrected chi connectivity index (χ3v) is 8.75. The molecule has 5 aromatic rings. The summed E-state index contributed by atoms with van der Waals surface area (Å²) in [5.41, 5.74) is 9.29. The minimum Gasteiger partial charge on any atom is -0.419 e. The number of carbonyl (C=O) groups is 1. The van der Waals surface area contributed by atoms with Crippen LogP contribution >= 0.6 is 22.7 Å². The quantitative estimate of drug-likeness (QED) is 0.255. The molecule has 1 fully saturated rings. The molecule has 1 aliphatic rings. The lowest BCUT2D eigenvalue weighted by Gasteiger charge is -2.23. The van der Waals surface area contributed by atoms with Crippen LogP contribution in [0.25, 0.3) is 22.0 Å². The van der Waals surface area contributed by atoms with Crippen molar-refractivity contribution in [2.24, 2.45) is 5.73 Å². The Morgan fingerprint density at radius 2 is 1.98 bits per heavy atom. The van der Waals surface area contributed by atoms with Gasteiger partial charge in [0.15, 0.2) is 0 Å². The summed E-state index contributed by atoms with van der Waals surface area (Å²) in [6.07, 6.45) is 1.32. The van der Waals surface area contributed by atoms with Crippen LogP contribution in [0.5, 0.6) is 0 Å². The van der Waals surface area contributed by atoms with E-state index in [1.807, 2.05) is 61.0 Å². The fraction of sp³-hybridized carbons (Fsp3) is 0.276. The SMILES string of the molecule is Cc1csc([C@H]2C[C@H](F)CN2C(=O)c2cc(-c3nnc(C(C)(N)Cc4ccccc4)o3)cc(-c3nccs3)c2)n1. The molecule has 11 heteroatoms. The molecule has 0 spiro atoms. The van der Waals surface area contributed by atoms with Crippen LogP contribution in [0.2, 0.25) is 0 Å². The van der Waals surface area contributed by atoms with Crippen molar-refractivity contribution < 1.29 is 13.6 Å². The molecular weight excluding hydrogens is 547 g/mol. The van der Waals surface area contributed by atoms with E-state index < -0.39 is 17.8 Å².